The van der Waals surface area contributed by atoms with Crippen LogP contribution >= 0.6 is 0 Å². The van der Waals surface area contributed by atoms with Gasteiger partial charge in [0.2, 0.25) is 0 Å². The SMILES string of the molecule is CC(CN1CCNC(C)(C)C1)C1CC1. The zero-order valence-electron chi connectivity index (χ0n) is 9.84. The van der Waals surface area contributed by atoms with Gasteiger partial charge in [0.25, 0.3) is 0 Å². The Bertz CT molecular complexity index is 196. The van der Waals surface area contributed by atoms with Gasteiger partial charge in [0.1, 0.15) is 0 Å². The minimum absolute atomic E-state index is 0.321. The fraction of sp³-hybridized carbons (Fsp3) is 1.00. The maximum Gasteiger partial charge on any atom is 0.0252 e. The minimum Gasteiger partial charge on any atom is -0.309 e. The standard InChI is InChI=1S/C12H24N2/c1-10(11-4-5-11)8-14-7-6-13-12(2,3)9-14/h10-11,13H,4-9H2,1-3H3. The molecule has 82 valence electrons. The minimum atomic E-state index is 0.321. The Kier molecular flexibility index (Phi) is 2.85. The highest BCUT2D eigenvalue weighted by Gasteiger charge is 2.31. The molecule has 0 aromatic carbocycles. The van der Waals surface area contributed by atoms with Crippen LogP contribution in [-0.2, 0) is 0 Å². The highest BCUT2D eigenvalue weighted by atomic mass is 15.2. The molecule has 1 saturated carbocycles. The lowest BCUT2D eigenvalue weighted by Gasteiger charge is -2.40. The van der Waals surface area contributed by atoms with E-state index in [0.29, 0.717) is 5.54 Å². The molecule has 1 unspecified atom stereocenters. The van der Waals surface area contributed by atoms with Crippen LogP contribution in [0.15, 0.2) is 0 Å². The van der Waals surface area contributed by atoms with Crippen LogP contribution in [0.4, 0.5) is 0 Å². The number of rotatable bonds is 3. The smallest absolute Gasteiger partial charge is 0.0252 e. The number of hydrogen-bond acceptors (Lipinski definition) is 2. The molecule has 1 aliphatic heterocycles. The van der Waals surface area contributed by atoms with Gasteiger partial charge in [-0.15, -0.1) is 0 Å². The Balaban J connectivity index is 1.79. The Hall–Kier alpha value is -0.0800. The van der Waals surface area contributed by atoms with Crippen molar-refractivity contribution in [3.63, 3.8) is 0 Å². The predicted molar refractivity (Wildman–Crippen MR) is 60.4 cm³/mol. The lowest BCUT2D eigenvalue weighted by molar-refractivity contribution is 0.133. The van der Waals surface area contributed by atoms with Crippen molar-refractivity contribution in [1.29, 1.82) is 0 Å². The van der Waals surface area contributed by atoms with E-state index in [1.807, 2.05) is 0 Å². The molecule has 2 aliphatic rings. The van der Waals surface area contributed by atoms with E-state index in [2.05, 4.69) is 31.0 Å². The second-order valence-electron chi connectivity index (χ2n) is 5.86. The van der Waals surface area contributed by atoms with E-state index in [1.165, 1.54) is 32.5 Å². The van der Waals surface area contributed by atoms with E-state index in [0.717, 1.165) is 18.4 Å². The van der Waals surface area contributed by atoms with Crippen LogP contribution in [0.1, 0.15) is 33.6 Å². The van der Waals surface area contributed by atoms with E-state index < -0.39 is 0 Å². The Labute approximate surface area is 88.1 Å². The molecule has 0 radical (unpaired) electrons. The van der Waals surface area contributed by atoms with Crippen molar-refractivity contribution in [1.82, 2.24) is 10.2 Å². The van der Waals surface area contributed by atoms with Crippen LogP contribution in [0, 0.1) is 11.8 Å². The van der Waals surface area contributed by atoms with Gasteiger partial charge in [-0.05, 0) is 38.5 Å². The average molecular weight is 196 g/mol. The Morgan fingerprint density at radius 1 is 1.43 bits per heavy atom. The zero-order chi connectivity index (χ0) is 10.2. The first-order valence-electron chi connectivity index (χ1n) is 6.04. The summed E-state index contributed by atoms with van der Waals surface area (Å²) in [4.78, 5) is 2.64. The summed E-state index contributed by atoms with van der Waals surface area (Å²) in [5, 5.41) is 3.56. The summed E-state index contributed by atoms with van der Waals surface area (Å²) in [5.41, 5.74) is 0.321. The van der Waals surface area contributed by atoms with Crippen molar-refractivity contribution in [2.45, 2.75) is 39.2 Å². The summed E-state index contributed by atoms with van der Waals surface area (Å²) >= 11 is 0. The van der Waals surface area contributed by atoms with E-state index in [1.54, 1.807) is 0 Å². The average Bonchev–Trinajstić information content (AvgIpc) is 2.83. The number of hydrogen-bond donors (Lipinski definition) is 1. The Morgan fingerprint density at radius 2 is 2.14 bits per heavy atom. The molecule has 2 fully saturated rings. The van der Waals surface area contributed by atoms with Gasteiger partial charge < -0.3 is 5.32 Å². The summed E-state index contributed by atoms with van der Waals surface area (Å²) in [6.45, 7) is 12.0. The number of nitrogens with one attached hydrogen (secondary N) is 1. The van der Waals surface area contributed by atoms with Crippen molar-refractivity contribution in [3.8, 4) is 0 Å². The van der Waals surface area contributed by atoms with E-state index in [4.69, 9.17) is 0 Å². The van der Waals surface area contributed by atoms with Crippen LogP contribution in [0.25, 0.3) is 0 Å². The topological polar surface area (TPSA) is 15.3 Å². The molecular formula is C12H24N2. The molecule has 1 atom stereocenters. The van der Waals surface area contributed by atoms with E-state index in [-0.39, 0.29) is 0 Å². The molecule has 0 bridgehead atoms. The fourth-order valence-electron chi connectivity index (χ4n) is 2.62. The number of nitrogens with zero attached hydrogens (tertiary/aromatic N) is 1. The molecule has 2 rings (SSSR count). The molecule has 2 nitrogen and oxygen atoms in total. The molecule has 1 N–H and O–H groups in total. The van der Waals surface area contributed by atoms with Gasteiger partial charge in [0.15, 0.2) is 0 Å². The lowest BCUT2D eigenvalue weighted by Crippen LogP contribution is -2.57. The van der Waals surface area contributed by atoms with Crippen LogP contribution in [0.2, 0.25) is 0 Å². The third-order valence-corrected chi connectivity index (χ3v) is 3.62. The van der Waals surface area contributed by atoms with Crippen LogP contribution in [0.5, 0.6) is 0 Å². The van der Waals surface area contributed by atoms with Gasteiger partial charge in [0.05, 0.1) is 0 Å². The molecule has 0 aromatic heterocycles. The highest BCUT2D eigenvalue weighted by Crippen LogP contribution is 2.37. The van der Waals surface area contributed by atoms with Crippen LogP contribution in [0.3, 0.4) is 0 Å². The highest BCUT2D eigenvalue weighted by molar-refractivity contribution is 4.89. The summed E-state index contributed by atoms with van der Waals surface area (Å²) < 4.78 is 0. The monoisotopic (exact) mass is 196 g/mol. The third kappa shape index (κ3) is 2.71. The van der Waals surface area contributed by atoms with Gasteiger partial charge in [-0.2, -0.15) is 0 Å². The quantitative estimate of drug-likeness (QED) is 0.739. The molecule has 1 aliphatic carbocycles. The summed E-state index contributed by atoms with van der Waals surface area (Å²) in [7, 11) is 0. The Morgan fingerprint density at radius 3 is 2.71 bits per heavy atom. The maximum atomic E-state index is 3.56. The first-order chi connectivity index (χ1) is 6.57. The molecule has 0 aromatic rings. The summed E-state index contributed by atoms with van der Waals surface area (Å²) in [5.74, 6) is 1.97. The second-order valence-corrected chi connectivity index (χ2v) is 5.86. The largest absolute Gasteiger partial charge is 0.309 e. The van der Waals surface area contributed by atoms with Gasteiger partial charge >= 0.3 is 0 Å². The first-order valence-corrected chi connectivity index (χ1v) is 6.04. The van der Waals surface area contributed by atoms with Crippen LogP contribution in [-0.4, -0.2) is 36.6 Å². The predicted octanol–water partition coefficient (Wildman–Crippen LogP) is 1.72. The van der Waals surface area contributed by atoms with Crippen LogP contribution < -0.4 is 5.32 Å². The fourth-order valence-corrected chi connectivity index (χ4v) is 2.62. The van der Waals surface area contributed by atoms with Gasteiger partial charge in [-0.1, -0.05) is 6.92 Å². The number of piperazine rings is 1. The molecule has 2 heteroatoms. The molecule has 1 heterocycles. The third-order valence-electron chi connectivity index (χ3n) is 3.62. The van der Waals surface area contributed by atoms with Gasteiger partial charge in [-0.25, -0.2) is 0 Å². The molecule has 14 heavy (non-hydrogen) atoms. The lowest BCUT2D eigenvalue weighted by atomic mass is 9.99. The zero-order valence-corrected chi connectivity index (χ0v) is 9.84. The summed E-state index contributed by atoms with van der Waals surface area (Å²) in [6, 6.07) is 0. The molecule has 0 amide bonds. The molecule has 1 saturated heterocycles. The first kappa shape index (κ1) is 10.4. The summed E-state index contributed by atoms with van der Waals surface area (Å²) in [6.07, 6.45) is 2.97. The molecule has 0 spiro atoms. The molecular weight excluding hydrogens is 172 g/mol. The van der Waals surface area contributed by atoms with E-state index in [9.17, 15) is 0 Å². The van der Waals surface area contributed by atoms with E-state index >= 15 is 0 Å². The van der Waals surface area contributed by atoms with Gasteiger partial charge in [-0.3, -0.25) is 4.90 Å². The van der Waals surface area contributed by atoms with Crippen molar-refractivity contribution >= 4 is 0 Å². The maximum absolute atomic E-state index is 3.56. The normalized spacial score (nSPS) is 30.2. The van der Waals surface area contributed by atoms with Crippen molar-refractivity contribution in [3.05, 3.63) is 0 Å². The van der Waals surface area contributed by atoms with Crippen molar-refractivity contribution < 1.29 is 0 Å². The second kappa shape index (κ2) is 3.82. The van der Waals surface area contributed by atoms with Crippen molar-refractivity contribution in [2.24, 2.45) is 11.8 Å². The van der Waals surface area contributed by atoms with Crippen molar-refractivity contribution in [2.75, 3.05) is 26.2 Å². The van der Waals surface area contributed by atoms with Gasteiger partial charge in [0, 0.05) is 31.7 Å².